The summed E-state index contributed by atoms with van der Waals surface area (Å²) in [6.45, 7) is 0.582. The summed E-state index contributed by atoms with van der Waals surface area (Å²) in [5.74, 6) is -2.63. The minimum Gasteiger partial charge on any atom is -0.507 e. The van der Waals surface area contributed by atoms with Crippen molar-refractivity contribution in [2.75, 3.05) is 19.8 Å². The number of ether oxygens (including phenoxy) is 1. The molecule has 1 unspecified atom stereocenters. The van der Waals surface area contributed by atoms with Gasteiger partial charge in [-0.15, -0.1) is 0 Å². The third-order valence-electron chi connectivity index (χ3n) is 3.09. The zero-order valence-electron chi connectivity index (χ0n) is 10.6. The van der Waals surface area contributed by atoms with Crippen molar-refractivity contribution in [3.8, 4) is 5.75 Å². The Morgan fingerprint density at radius 1 is 1.45 bits per heavy atom. The maximum absolute atomic E-state index is 13.2. The Morgan fingerprint density at radius 2 is 2.20 bits per heavy atom. The summed E-state index contributed by atoms with van der Waals surface area (Å²) in [5, 5.41) is 18.5. The van der Waals surface area contributed by atoms with E-state index in [-0.39, 0.29) is 37.5 Å². The van der Waals surface area contributed by atoms with Crippen LogP contribution in [0.1, 0.15) is 16.8 Å². The average Bonchev–Trinajstić information content (AvgIpc) is 2.41. The van der Waals surface area contributed by atoms with Crippen molar-refractivity contribution in [1.29, 1.82) is 0 Å². The number of aliphatic carboxylic acids is 1. The van der Waals surface area contributed by atoms with Crippen molar-refractivity contribution in [3.05, 3.63) is 29.6 Å². The van der Waals surface area contributed by atoms with Crippen molar-refractivity contribution < 1.29 is 28.9 Å². The quantitative estimate of drug-likeness (QED) is 0.858. The Hall–Kier alpha value is -2.15. The molecule has 1 fully saturated rings. The summed E-state index contributed by atoms with van der Waals surface area (Å²) >= 11 is 0. The topological polar surface area (TPSA) is 87.1 Å². The van der Waals surface area contributed by atoms with E-state index < -0.39 is 23.7 Å². The van der Waals surface area contributed by atoms with Gasteiger partial charge in [0.2, 0.25) is 0 Å². The van der Waals surface area contributed by atoms with Crippen LogP contribution in [0.3, 0.4) is 0 Å². The number of benzene rings is 1. The minimum atomic E-state index is -1.05. The molecule has 0 bridgehead atoms. The second kappa shape index (κ2) is 5.87. The Kier molecular flexibility index (Phi) is 4.19. The molecule has 2 N–H and O–H groups in total. The fraction of sp³-hybridized carbons (Fsp3) is 0.385. The van der Waals surface area contributed by atoms with Gasteiger partial charge in [-0.3, -0.25) is 9.59 Å². The largest absolute Gasteiger partial charge is 0.507 e. The maximum Gasteiger partial charge on any atom is 0.305 e. The van der Waals surface area contributed by atoms with E-state index in [0.717, 1.165) is 18.2 Å². The second-order valence-corrected chi connectivity index (χ2v) is 4.49. The number of nitrogens with zero attached hydrogens (tertiary/aromatic N) is 1. The van der Waals surface area contributed by atoms with Crippen molar-refractivity contribution in [1.82, 2.24) is 4.90 Å². The molecule has 0 spiro atoms. The number of aromatic hydroxyl groups is 1. The lowest BCUT2D eigenvalue weighted by Gasteiger charge is -2.35. The smallest absolute Gasteiger partial charge is 0.305 e. The first kappa shape index (κ1) is 14.3. The number of rotatable bonds is 3. The molecule has 0 radical (unpaired) electrons. The summed E-state index contributed by atoms with van der Waals surface area (Å²) in [4.78, 5) is 24.4. The normalized spacial score (nSPS) is 18.9. The molecule has 108 valence electrons. The van der Waals surface area contributed by atoms with Crippen LogP contribution in [0, 0.1) is 5.82 Å². The molecular formula is C13H14FNO5. The second-order valence-electron chi connectivity index (χ2n) is 4.49. The summed E-state index contributed by atoms with van der Waals surface area (Å²) in [7, 11) is 0. The van der Waals surface area contributed by atoms with Gasteiger partial charge >= 0.3 is 5.97 Å². The lowest BCUT2D eigenvalue weighted by atomic mass is 10.1. The lowest BCUT2D eigenvalue weighted by molar-refractivity contribution is -0.139. The van der Waals surface area contributed by atoms with Crippen molar-refractivity contribution in [3.63, 3.8) is 0 Å². The van der Waals surface area contributed by atoms with Crippen LogP contribution in [-0.4, -0.2) is 52.8 Å². The van der Waals surface area contributed by atoms with Gasteiger partial charge in [-0.2, -0.15) is 0 Å². The van der Waals surface area contributed by atoms with E-state index in [2.05, 4.69) is 0 Å². The highest BCUT2D eigenvalue weighted by Gasteiger charge is 2.31. The van der Waals surface area contributed by atoms with Gasteiger partial charge in [0.05, 0.1) is 31.2 Å². The fourth-order valence-corrected chi connectivity index (χ4v) is 2.13. The first-order valence-corrected chi connectivity index (χ1v) is 6.08. The third kappa shape index (κ3) is 3.05. The Morgan fingerprint density at radius 3 is 2.90 bits per heavy atom. The van der Waals surface area contributed by atoms with E-state index in [1.165, 1.54) is 4.90 Å². The number of phenols is 1. The van der Waals surface area contributed by atoms with E-state index >= 15 is 0 Å². The van der Waals surface area contributed by atoms with E-state index in [4.69, 9.17) is 9.84 Å². The van der Waals surface area contributed by atoms with Crippen molar-refractivity contribution in [2.45, 2.75) is 12.5 Å². The van der Waals surface area contributed by atoms with E-state index in [0.29, 0.717) is 0 Å². The Balaban J connectivity index is 2.25. The number of carbonyl (C=O) groups excluding carboxylic acids is 1. The molecule has 0 aliphatic carbocycles. The molecule has 1 aromatic carbocycles. The molecule has 1 amide bonds. The first-order valence-electron chi connectivity index (χ1n) is 6.08. The van der Waals surface area contributed by atoms with Gasteiger partial charge in [0.25, 0.3) is 5.91 Å². The Bertz CT molecular complexity index is 533. The van der Waals surface area contributed by atoms with Gasteiger partial charge < -0.3 is 19.8 Å². The third-order valence-corrected chi connectivity index (χ3v) is 3.09. The van der Waals surface area contributed by atoms with Crippen LogP contribution in [-0.2, 0) is 9.53 Å². The molecule has 1 atom stereocenters. The maximum atomic E-state index is 13.2. The van der Waals surface area contributed by atoms with Gasteiger partial charge in [-0.05, 0) is 18.2 Å². The zero-order chi connectivity index (χ0) is 14.7. The molecule has 0 aromatic heterocycles. The predicted octanol–water partition coefficient (Wildman–Crippen LogP) is 0.847. The molecular weight excluding hydrogens is 269 g/mol. The Labute approximate surface area is 114 Å². The number of amides is 1. The summed E-state index contributed by atoms with van der Waals surface area (Å²) in [5.41, 5.74) is -0.178. The highest BCUT2D eigenvalue weighted by atomic mass is 19.1. The molecule has 2 rings (SSSR count). The number of carboxylic acid groups (broad SMARTS) is 1. The van der Waals surface area contributed by atoms with Gasteiger partial charge in [-0.25, -0.2) is 4.39 Å². The standard InChI is InChI=1S/C13H14FNO5/c14-8-1-2-11(16)10(5-8)13(19)15-3-4-20-7-9(15)6-12(17)18/h1-2,5,9,16H,3-4,6-7H2,(H,17,18). The number of hydrogen-bond donors (Lipinski definition) is 2. The van der Waals surface area contributed by atoms with Crippen LogP contribution in [0.5, 0.6) is 5.75 Å². The van der Waals surface area contributed by atoms with E-state index in [1.54, 1.807) is 0 Å². The highest BCUT2D eigenvalue weighted by Crippen LogP contribution is 2.22. The van der Waals surface area contributed by atoms with Crippen molar-refractivity contribution in [2.24, 2.45) is 0 Å². The molecule has 0 saturated carbocycles. The van der Waals surface area contributed by atoms with Crippen LogP contribution in [0.2, 0.25) is 0 Å². The van der Waals surface area contributed by atoms with Gasteiger partial charge in [0.1, 0.15) is 11.6 Å². The number of hydrogen-bond acceptors (Lipinski definition) is 4. The molecule has 6 nitrogen and oxygen atoms in total. The summed E-state index contributed by atoms with van der Waals surface area (Å²) in [6, 6.07) is 2.44. The molecule has 1 saturated heterocycles. The predicted molar refractivity (Wildman–Crippen MR) is 66.0 cm³/mol. The van der Waals surface area contributed by atoms with Crippen LogP contribution in [0.25, 0.3) is 0 Å². The van der Waals surface area contributed by atoms with Crippen LogP contribution in [0.4, 0.5) is 4.39 Å². The summed E-state index contributed by atoms with van der Waals surface area (Å²) < 4.78 is 18.3. The van der Waals surface area contributed by atoms with Crippen LogP contribution in [0.15, 0.2) is 18.2 Å². The number of halogens is 1. The number of carbonyl (C=O) groups is 2. The zero-order valence-corrected chi connectivity index (χ0v) is 10.6. The summed E-state index contributed by atoms with van der Waals surface area (Å²) in [6.07, 6.45) is -0.262. The van der Waals surface area contributed by atoms with Crippen molar-refractivity contribution >= 4 is 11.9 Å². The lowest BCUT2D eigenvalue weighted by Crippen LogP contribution is -2.49. The van der Waals surface area contributed by atoms with E-state index in [9.17, 15) is 19.1 Å². The molecule has 1 aromatic rings. The fourth-order valence-electron chi connectivity index (χ4n) is 2.13. The van der Waals surface area contributed by atoms with Crippen LogP contribution >= 0.6 is 0 Å². The molecule has 1 aliphatic rings. The average molecular weight is 283 g/mol. The first-order chi connectivity index (χ1) is 9.49. The van der Waals surface area contributed by atoms with Gasteiger partial charge in [0, 0.05) is 6.54 Å². The van der Waals surface area contributed by atoms with E-state index in [1.807, 2.05) is 0 Å². The molecule has 1 heterocycles. The van der Waals surface area contributed by atoms with Gasteiger partial charge in [-0.1, -0.05) is 0 Å². The van der Waals surface area contributed by atoms with Crippen LogP contribution < -0.4 is 0 Å². The number of carboxylic acids is 1. The number of phenolic OH excluding ortho intramolecular Hbond substituents is 1. The minimum absolute atomic E-state index is 0.105. The monoisotopic (exact) mass is 283 g/mol. The number of morpholine rings is 1. The highest BCUT2D eigenvalue weighted by molar-refractivity contribution is 5.97. The molecule has 1 aliphatic heterocycles. The van der Waals surface area contributed by atoms with Gasteiger partial charge in [0.15, 0.2) is 0 Å². The molecule has 7 heteroatoms. The SMILES string of the molecule is O=C(O)CC1COCCN1C(=O)c1cc(F)ccc1O. The molecule has 20 heavy (non-hydrogen) atoms.